The molecule has 2 amide bonds. The maximum Gasteiger partial charge on any atom is 0.248 e. The number of hydrogen-bond acceptors (Lipinski definition) is 3. The van der Waals surface area contributed by atoms with E-state index >= 15 is 0 Å². The molecular weight excluding hydrogens is 316 g/mol. The molecule has 3 N–H and O–H groups in total. The minimum atomic E-state index is -0.529. The molecule has 0 saturated carbocycles. The summed E-state index contributed by atoms with van der Waals surface area (Å²) in [5, 5.41) is 9.98. The lowest BCUT2D eigenvalue weighted by Gasteiger charge is -2.27. The van der Waals surface area contributed by atoms with Crippen LogP contribution in [0.15, 0.2) is 54.6 Å². The molecule has 1 saturated heterocycles. The Morgan fingerprint density at radius 3 is 2.44 bits per heavy atom. The molecule has 0 bridgehead atoms. The van der Waals surface area contributed by atoms with Gasteiger partial charge in [-0.05, 0) is 23.6 Å². The third kappa shape index (κ3) is 3.42. The third-order valence-corrected chi connectivity index (χ3v) is 5.02. The van der Waals surface area contributed by atoms with Gasteiger partial charge < -0.3 is 15.7 Å². The molecule has 0 aliphatic carbocycles. The summed E-state index contributed by atoms with van der Waals surface area (Å²) < 4.78 is 0. The Kier molecular flexibility index (Phi) is 4.86. The van der Waals surface area contributed by atoms with Crippen molar-refractivity contribution >= 4 is 11.8 Å². The van der Waals surface area contributed by atoms with Crippen LogP contribution in [0, 0.1) is 0 Å². The molecule has 130 valence electrons. The van der Waals surface area contributed by atoms with Gasteiger partial charge in [0.15, 0.2) is 0 Å². The molecular formula is C20H22N2O3. The highest BCUT2D eigenvalue weighted by Crippen LogP contribution is 2.34. The fourth-order valence-corrected chi connectivity index (χ4v) is 3.52. The van der Waals surface area contributed by atoms with Gasteiger partial charge in [-0.15, -0.1) is 0 Å². The van der Waals surface area contributed by atoms with E-state index in [0.717, 1.165) is 12.0 Å². The van der Waals surface area contributed by atoms with E-state index in [0.29, 0.717) is 24.2 Å². The minimum Gasteiger partial charge on any atom is -0.395 e. The van der Waals surface area contributed by atoms with Gasteiger partial charge in [-0.25, -0.2) is 0 Å². The average Bonchev–Trinajstić information content (AvgIpc) is 3.09. The van der Waals surface area contributed by atoms with Crippen molar-refractivity contribution in [2.45, 2.75) is 18.3 Å². The molecule has 0 aromatic heterocycles. The van der Waals surface area contributed by atoms with Crippen molar-refractivity contribution in [1.82, 2.24) is 4.90 Å². The van der Waals surface area contributed by atoms with E-state index < -0.39 is 11.3 Å². The highest BCUT2D eigenvalue weighted by atomic mass is 16.3. The molecule has 1 fully saturated rings. The van der Waals surface area contributed by atoms with Crippen LogP contribution < -0.4 is 5.73 Å². The number of amides is 2. The van der Waals surface area contributed by atoms with E-state index in [1.165, 1.54) is 0 Å². The molecule has 3 rings (SSSR count). The summed E-state index contributed by atoms with van der Waals surface area (Å²) in [4.78, 5) is 26.0. The van der Waals surface area contributed by atoms with E-state index in [1.54, 1.807) is 29.2 Å². The van der Waals surface area contributed by atoms with Crippen LogP contribution in [-0.2, 0) is 16.6 Å². The molecule has 1 aliphatic rings. The largest absolute Gasteiger partial charge is 0.395 e. The quantitative estimate of drug-likeness (QED) is 0.866. The summed E-state index contributed by atoms with van der Waals surface area (Å²) >= 11 is 0. The van der Waals surface area contributed by atoms with Crippen LogP contribution >= 0.6 is 0 Å². The predicted octanol–water partition coefficient (Wildman–Crippen LogP) is 1.49. The molecule has 1 atom stereocenters. The number of benzene rings is 2. The van der Waals surface area contributed by atoms with Crippen LogP contribution in [0.2, 0.25) is 0 Å². The van der Waals surface area contributed by atoms with Crippen LogP contribution in [0.25, 0.3) is 0 Å². The predicted molar refractivity (Wildman–Crippen MR) is 95.1 cm³/mol. The first-order chi connectivity index (χ1) is 12.1. The van der Waals surface area contributed by atoms with E-state index in [2.05, 4.69) is 0 Å². The molecule has 1 aliphatic heterocycles. The number of rotatable bonds is 5. The summed E-state index contributed by atoms with van der Waals surface area (Å²) in [5.41, 5.74) is 7.04. The summed E-state index contributed by atoms with van der Waals surface area (Å²) in [6.07, 6.45) is 0.853. The summed E-state index contributed by atoms with van der Waals surface area (Å²) in [7, 11) is 0. The van der Waals surface area contributed by atoms with E-state index in [-0.39, 0.29) is 18.9 Å². The van der Waals surface area contributed by atoms with Crippen LogP contribution in [-0.4, -0.2) is 41.5 Å². The van der Waals surface area contributed by atoms with Gasteiger partial charge in [0.25, 0.3) is 0 Å². The lowest BCUT2D eigenvalue weighted by atomic mass is 9.80. The zero-order valence-corrected chi connectivity index (χ0v) is 14.0. The second-order valence-corrected chi connectivity index (χ2v) is 6.57. The van der Waals surface area contributed by atoms with Crippen molar-refractivity contribution in [2.75, 3.05) is 19.7 Å². The van der Waals surface area contributed by atoms with E-state index in [4.69, 9.17) is 5.73 Å². The number of nitrogens with zero attached hydrogens (tertiary/aromatic N) is 1. The number of aliphatic hydroxyl groups excluding tert-OH is 1. The third-order valence-electron chi connectivity index (χ3n) is 5.02. The lowest BCUT2D eigenvalue weighted by Crippen LogP contribution is -2.37. The van der Waals surface area contributed by atoms with Crippen molar-refractivity contribution < 1.29 is 14.7 Å². The summed E-state index contributed by atoms with van der Waals surface area (Å²) in [6.45, 7) is 1.07. The SMILES string of the molecule is NC(=O)c1ccccc1CC(=O)N1CCC(CO)(c2ccccc2)C1. The number of likely N-dealkylation sites (tertiary alicyclic amines) is 1. The highest BCUT2D eigenvalue weighted by Gasteiger charge is 2.40. The molecule has 0 radical (unpaired) electrons. The monoisotopic (exact) mass is 338 g/mol. The summed E-state index contributed by atoms with van der Waals surface area (Å²) in [5.74, 6) is -0.584. The van der Waals surface area contributed by atoms with Crippen molar-refractivity contribution in [3.63, 3.8) is 0 Å². The van der Waals surface area contributed by atoms with Crippen molar-refractivity contribution in [3.8, 4) is 0 Å². The fraction of sp³-hybridized carbons (Fsp3) is 0.300. The van der Waals surface area contributed by atoms with E-state index in [9.17, 15) is 14.7 Å². The summed E-state index contributed by atoms with van der Waals surface area (Å²) in [6, 6.07) is 16.7. The van der Waals surface area contributed by atoms with Gasteiger partial charge >= 0.3 is 0 Å². The number of aliphatic hydroxyl groups is 1. The standard InChI is InChI=1S/C20H22N2O3/c21-19(25)17-9-5-4-6-15(17)12-18(24)22-11-10-20(13-22,14-23)16-7-2-1-3-8-16/h1-9,23H,10-14H2,(H2,21,25). The number of primary amides is 1. The van der Waals surface area contributed by atoms with Gasteiger partial charge in [0.05, 0.1) is 13.0 Å². The number of carbonyl (C=O) groups is 2. The molecule has 1 unspecified atom stereocenters. The maximum atomic E-state index is 12.7. The number of hydrogen-bond donors (Lipinski definition) is 2. The topological polar surface area (TPSA) is 83.6 Å². The fourth-order valence-electron chi connectivity index (χ4n) is 3.52. The van der Waals surface area contributed by atoms with Crippen molar-refractivity contribution in [2.24, 2.45) is 5.73 Å². The first kappa shape index (κ1) is 17.2. The molecule has 0 spiro atoms. The Morgan fingerprint density at radius 2 is 1.76 bits per heavy atom. The average molecular weight is 338 g/mol. The van der Waals surface area contributed by atoms with Gasteiger partial charge in [-0.3, -0.25) is 9.59 Å². The Labute approximate surface area is 147 Å². The Morgan fingerprint density at radius 1 is 1.08 bits per heavy atom. The van der Waals surface area contributed by atoms with Gasteiger partial charge in [0.1, 0.15) is 0 Å². The van der Waals surface area contributed by atoms with Crippen LogP contribution in [0.3, 0.4) is 0 Å². The second-order valence-electron chi connectivity index (χ2n) is 6.57. The second kappa shape index (κ2) is 7.07. The number of nitrogens with two attached hydrogens (primary N) is 1. The zero-order valence-electron chi connectivity index (χ0n) is 14.0. The van der Waals surface area contributed by atoms with Crippen molar-refractivity contribution in [3.05, 3.63) is 71.3 Å². The van der Waals surface area contributed by atoms with Crippen LogP contribution in [0.4, 0.5) is 0 Å². The molecule has 5 heteroatoms. The lowest BCUT2D eigenvalue weighted by molar-refractivity contribution is -0.129. The maximum absolute atomic E-state index is 12.7. The van der Waals surface area contributed by atoms with Crippen LogP contribution in [0.5, 0.6) is 0 Å². The van der Waals surface area contributed by atoms with Gasteiger partial charge in [0.2, 0.25) is 11.8 Å². The Balaban J connectivity index is 1.76. The van der Waals surface area contributed by atoms with Crippen LogP contribution in [0.1, 0.15) is 27.9 Å². The van der Waals surface area contributed by atoms with Gasteiger partial charge in [0, 0.05) is 24.1 Å². The normalized spacial score (nSPS) is 19.8. The Hall–Kier alpha value is -2.66. The number of carbonyl (C=O) groups excluding carboxylic acids is 2. The minimum absolute atomic E-state index is 0.00132. The highest BCUT2D eigenvalue weighted by molar-refractivity contribution is 5.95. The molecule has 1 heterocycles. The Bertz CT molecular complexity index is 776. The van der Waals surface area contributed by atoms with Gasteiger partial charge in [-0.1, -0.05) is 48.5 Å². The molecule has 2 aromatic rings. The van der Waals surface area contributed by atoms with E-state index in [1.807, 2.05) is 30.3 Å². The zero-order chi connectivity index (χ0) is 17.9. The molecule has 2 aromatic carbocycles. The molecule has 25 heavy (non-hydrogen) atoms. The smallest absolute Gasteiger partial charge is 0.248 e. The van der Waals surface area contributed by atoms with Crippen molar-refractivity contribution in [1.29, 1.82) is 0 Å². The molecule has 5 nitrogen and oxygen atoms in total. The first-order valence-electron chi connectivity index (χ1n) is 8.38. The first-order valence-corrected chi connectivity index (χ1v) is 8.38. The van der Waals surface area contributed by atoms with Gasteiger partial charge in [-0.2, -0.15) is 0 Å².